The number of aromatic amines is 1. The number of nitrogens with zero attached hydrogens (tertiary/aromatic N) is 3. The SMILES string of the molecule is NC(=O)c1cc(NC(=O)CSc2nc(N)nc3nc[nH]c23)ccc1O. The molecule has 0 unspecified atom stereocenters. The van der Waals surface area contributed by atoms with E-state index in [9.17, 15) is 14.7 Å². The van der Waals surface area contributed by atoms with Crippen molar-refractivity contribution in [2.45, 2.75) is 5.03 Å². The van der Waals surface area contributed by atoms with Crippen LogP contribution in [0.5, 0.6) is 5.75 Å². The van der Waals surface area contributed by atoms with Gasteiger partial charge in [0.1, 0.15) is 16.3 Å². The Kier molecular flexibility index (Phi) is 4.39. The van der Waals surface area contributed by atoms with Gasteiger partial charge >= 0.3 is 0 Å². The number of thioether (sulfide) groups is 1. The van der Waals surface area contributed by atoms with E-state index in [-0.39, 0.29) is 28.9 Å². The van der Waals surface area contributed by atoms with Crippen LogP contribution in [-0.4, -0.2) is 42.6 Å². The minimum Gasteiger partial charge on any atom is -0.507 e. The molecule has 0 aliphatic rings. The fourth-order valence-electron chi connectivity index (χ4n) is 2.07. The Hall–Kier alpha value is -3.34. The van der Waals surface area contributed by atoms with Crippen LogP contribution in [0, 0.1) is 0 Å². The second kappa shape index (κ2) is 6.65. The van der Waals surface area contributed by atoms with Crippen molar-refractivity contribution in [2.75, 3.05) is 16.8 Å². The average Bonchev–Trinajstić information content (AvgIpc) is 3.02. The molecule has 2 amide bonds. The molecule has 0 saturated heterocycles. The number of imidazole rings is 1. The predicted octanol–water partition coefficient (Wildman–Crippen LogP) is 0.470. The molecular weight excluding hydrogens is 346 g/mol. The van der Waals surface area contributed by atoms with Gasteiger partial charge in [0.25, 0.3) is 5.91 Å². The van der Waals surface area contributed by atoms with Crippen molar-refractivity contribution in [1.29, 1.82) is 0 Å². The van der Waals surface area contributed by atoms with Gasteiger partial charge in [-0.15, -0.1) is 0 Å². The van der Waals surface area contributed by atoms with Crippen molar-refractivity contribution in [3.05, 3.63) is 30.1 Å². The largest absolute Gasteiger partial charge is 0.507 e. The summed E-state index contributed by atoms with van der Waals surface area (Å²) in [5.74, 6) is -1.28. The molecule has 3 aromatic rings. The minimum atomic E-state index is -0.791. The molecule has 0 fully saturated rings. The maximum absolute atomic E-state index is 12.1. The van der Waals surface area contributed by atoms with E-state index in [0.29, 0.717) is 21.9 Å². The summed E-state index contributed by atoms with van der Waals surface area (Å²) in [4.78, 5) is 38.3. The number of anilines is 2. The quantitative estimate of drug-likeness (QED) is 0.248. The number of aromatic hydroxyl groups is 1. The van der Waals surface area contributed by atoms with Crippen molar-refractivity contribution in [1.82, 2.24) is 19.9 Å². The van der Waals surface area contributed by atoms with E-state index in [1.54, 1.807) is 0 Å². The van der Waals surface area contributed by atoms with Crippen molar-refractivity contribution in [3.63, 3.8) is 0 Å². The third-order valence-electron chi connectivity index (χ3n) is 3.16. The minimum absolute atomic E-state index is 0.0390. The number of benzene rings is 1. The molecule has 2 heterocycles. The number of phenols is 1. The molecule has 25 heavy (non-hydrogen) atoms. The van der Waals surface area contributed by atoms with Gasteiger partial charge in [-0.3, -0.25) is 9.59 Å². The lowest BCUT2D eigenvalue weighted by Crippen LogP contribution is -2.16. The topological polar surface area (TPSA) is 173 Å². The van der Waals surface area contributed by atoms with Crippen LogP contribution >= 0.6 is 11.8 Å². The molecule has 7 N–H and O–H groups in total. The first kappa shape index (κ1) is 16.5. The highest BCUT2D eigenvalue weighted by atomic mass is 32.2. The Balaban J connectivity index is 1.70. The zero-order valence-corrected chi connectivity index (χ0v) is 13.5. The number of aromatic nitrogens is 4. The number of amides is 2. The van der Waals surface area contributed by atoms with Crippen LogP contribution < -0.4 is 16.8 Å². The zero-order chi connectivity index (χ0) is 18.0. The van der Waals surface area contributed by atoms with E-state index >= 15 is 0 Å². The number of nitrogens with one attached hydrogen (secondary N) is 2. The highest BCUT2D eigenvalue weighted by Gasteiger charge is 2.13. The summed E-state index contributed by atoms with van der Waals surface area (Å²) < 4.78 is 0. The van der Waals surface area contributed by atoms with Crippen LogP contribution in [0.15, 0.2) is 29.6 Å². The van der Waals surface area contributed by atoms with Crippen molar-refractivity contribution >= 4 is 46.4 Å². The molecule has 0 aliphatic heterocycles. The van der Waals surface area contributed by atoms with Crippen LogP contribution in [0.4, 0.5) is 11.6 Å². The molecule has 0 saturated carbocycles. The number of hydrogen-bond donors (Lipinski definition) is 5. The molecule has 0 aliphatic carbocycles. The maximum atomic E-state index is 12.1. The molecule has 1 aromatic carbocycles. The lowest BCUT2D eigenvalue weighted by Gasteiger charge is -2.08. The van der Waals surface area contributed by atoms with Gasteiger partial charge in [0.2, 0.25) is 11.9 Å². The molecule has 128 valence electrons. The fraction of sp³-hybridized carbons (Fsp3) is 0.0714. The van der Waals surface area contributed by atoms with Gasteiger partial charge in [-0.2, -0.15) is 4.98 Å². The Labute approximate surface area is 145 Å². The van der Waals surface area contributed by atoms with E-state index in [4.69, 9.17) is 11.5 Å². The maximum Gasteiger partial charge on any atom is 0.252 e. The Morgan fingerprint density at radius 2 is 2.12 bits per heavy atom. The smallest absolute Gasteiger partial charge is 0.252 e. The lowest BCUT2D eigenvalue weighted by molar-refractivity contribution is -0.113. The molecule has 0 radical (unpaired) electrons. The number of rotatable bonds is 5. The number of hydrogen-bond acceptors (Lipinski definition) is 8. The van der Waals surface area contributed by atoms with Gasteiger partial charge in [-0.1, -0.05) is 11.8 Å². The molecule has 0 bridgehead atoms. The molecule has 10 nitrogen and oxygen atoms in total. The summed E-state index contributed by atoms with van der Waals surface area (Å²) in [7, 11) is 0. The predicted molar refractivity (Wildman–Crippen MR) is 92.1 cm³/mol. The first-order chi connectivity index (χ1) is 11.9. The first-order valence-corrected chi connectivity index (χ1v) is 7.94. The fourth-order valence-corrected chi connectivity index (χ4v) is 2.86. The molecule has 3 rings (SSSR count). The third kappa shape index (κ3) is 3.61. The van der Waals surface area contributed by atoms with Crippen molar-refractivity contribution < 1.29 is 14.7 Å². The highest BCUT2D eigenvalue weighted by molar-refractivity contribution is 8.00. The molecule has 11 heteroatoms. The van der Waals surface area contributed by atoms with Crippen LogP contribution in [0.1, 0.15) is 10.4 Å². The third-order valence-corrected chi connectivity index (χ3v) is 4.13. The average molecular weight is 359 g/mol. The number of nitrogen functional groups attached to an aromatic ring is 1. The van der Waals surface area contributed by atoms with E-state index in [1.165, 1.54) is 24.5 Å². The van der Waals surface area contributed by atoms with Gasteiger partial charge in [0.05, 0.1) is 17.6 Å². The van der Waals surface area contributed by atoms with Crippen LogP contribution in [0.2, 0.25) is 0 Å². The number of H-pyrrole nitrogens is 1. The summed E-state index contributed by atoms with van der Waals surface area (Å²) in [6, 6.07) is 4.04. The summed E-state index contributed by atoms with van der Waals surface area (Å²) in [6.07, 6.45) is 1.46. The van der Waals surface area contributed by atoms with Crippen molar-refractivity contribution in [2.24, 2.45) is 5.73 Å². The van der Waals surface area contributed by atoms with Crippen LogP contribution in [0.25, 0.3) is 11.2 Å². The highest BCUT2D eigenvalue weighted by Crippen LogP contribution is 2.24. The van der Waals surface area contributed by atoms with E-state index in [1.807, 2.05) is 0 Å². The van der Waals surface area contributed by atoms with Crippen LogP contribution in [-0.2, 0) is 4.79 Å². The Morgan fingerprint density at radius 3 is 2.88 bits per heavy atom. The van der Waals surface area contributed by atoms with Gasteiger partial charge in [-0.05, 0) is 18.2 Å². The van der Waals surface area contributed by atoms with Gasteiger partial charge in [0, 0.05) is 5.69 Å². The zero-order valence-electron chi connectivity index (χ0n) is 12.7. The number of nitrogens with two attached hydrogens (primary N) is 2. The van der Waals surface area contributed by atoms with Gasteiger partial charge in [-0.25, -0.2) is 9.97 Å². The molecule has 0 spiro atoms. The van der Waals surface area contributed by atoms with E-state index in [0.717, 1.165) is 11.8 Å². The molecular formula is C14H13N7O3S. The summed E-state index contributed by atoms with van der Waals surface area (Å²) >= 11 is 1.15. The number of carbonyl (C=O) groups is 2. The van der Waals surface area contributed by atoms with Gasteiger partial charge in [0.15, 0.2) is 5.65 Å². The van der Waals surface area contributed by atoms with E-state index < -0.39 is 5.91 Å². The molecule has 2 aromatic heterocycles. The number of carbonyl (C=O) groups excluding carboxylic acids is 2. The Bertz CT molecular complexity index is 972. The van der Waals surface area contributed by atoms with Crippen LogP contribution in [0.3, 0.4) is 0 Å². The van der Waals surface area contributed by atoms with Crippen molar-refractivity contribution in [3.8, 4) is 5.75 Å². The second-order valence-electron chi connectivity index (χ2n) is 4.92. The van der Waals surface area contributed by atoms with Gasteiger partial charge < -0.3 is 26.9 Å². The number of fused-ring (bicyclic) bond motifs is 1. The van der Waals surface area contributed by atoms with E-state index in [2.05, 4.69) is 25.3 Å². The first-order valence-electron chi connectivity index (χ1n) is 6.96. The monoisotopic (exact) mass is 359 g/mol. The Morgan fingerprint density at radius 1 is 1.32 bits per heavy atom. The summed E-state index contributed by atoms with van der Waals surface area (Å²) in [5, 5.41) is 12.7. The molecule has 0 atom stereocenters. The number of primary amides is 1. The standard InChI is InChI=1S/C14H13N7O3S/c15-11(24)7-3-6(1-2-8(7)22)19-9(23)4-25-13-10-12(18-5-17-10)20-14(16)21-13/h1-3,5,22H,4H2,(H2,15,24)(H,19,23)(H3,16,17,18,20,21). The second-order valence-corrected chi connectivity index (χ2v) is 5.89. The lowest BCUT2D eigenvalue weighted by atomic mass is 10.1. The normalized spacial score (nSPS) is 10.7. The summed E-state index contributed by atoms with van der Waals surface area (Å²) in [5.41, 5.74) is 12.0. The summed E-state index contributed by atoms with van der Waals surface area (Å²) in [6.45, 7) is 0.